The van der Waals surface area contributed by atoms with Crippen molar-refractivity contribution >= 4 is 10.1 Å². The first-order chi connectivity index (χ1) is 10.3. The predicted molar refractivity (Wildman–Crippen MR) is 91.9 cm³/mol. The molecule has 0 amide bonds. The van der Waals surface area contributed by atoms with E-state index in [1.165, 1.54) is 44.6 Å². The Morgan fingerprint density at radius 1 is 0.955 bits per heavy atom. The van der Waals surface area contributed by atoms with Gasteiger partial charge in [-0.3, -0.25) is 4.55 Å². The zero-order valence-corrected chi connectivity index (χ0v) is 15.0. The summed E-state index contributed by atoms with van der Waals surface area (Å²) in [7, 11) is -4.16. The highest BCUT2D eigenvalue weighted by Gasteiger charge is 2.27. The van der Waals surface area contributed by atoms with Gasteiger partial charge in [0.05, 0.1) is 4.90 Å². The van der Waals surface area contributed by atoms with Gasteiger partial charge in [0, 0.05) is 0 Å². The van der Waals surface area contributed by atoms with Crippen LogP contribution in [0.3, 0.4) is 0 Å². The Morgan fingerprint density at radius 3 is 2.09 bits per heavy atom. The third kappa shape index (κ3) is 6.09. The Bertz CT molecular complexity index is 547. The molecule has 0 unspecified atom stereocenters. The monoisotopic (exact) mass is 326 g/mol. The van der Waals surface area contributed by atoms with E-state index in [-0.39, 0.29) is 10.3 Å². The van der Waals surface area contributed by atoms with Crippen molar-refractivity contribution in [3.63, 3.8) is 0 Å². The molecule has 0 saturated heterocycles. The van der Waals surface area contributed by atoms with E-state index in [0.717, 1.165) is 12.8 Å². The van der Waals surface area contributed by atoms with Crippen LogP contribution in [-0.2, 0) is 15.5 Å². The molecule has 1 aromatic carbocycles. The summed E-state index contributed by atoms with van der Waals surface area (Å²) in [4.78, 5) is 0.0444. The van der Waals surface area contributed by atoms with E-state index < -0.39 is 10.1 Å². The van der Waals surface area contributed by atoms with Gasteiger partial charge in [0.2, 0.25) is 0 Å². The summed E-state index contributed by atoms with van der Waals surface area (Å²) in [6.07, 6.45) is 9.61. The fourth-order valence-electron chi connectivity index (χ4n) is 2.91. The molecule has 0 aliphatic carbocycles. The van der Waals surface area contributed by atoms with Gasteiger partial charge in [-0.2, -0.15) is 8.42 Å². The van der Waals surface area contributed by atoms with Crippen LogP contribution in [0.4, 0.5) is 0 Å². The lowest BCUT2D eigenvalue weighted by atomic mass is 9.80. The molecule has 126 valence electrons. The van der Waals surface area contributed by atoms with Crippen LogP contribution in [0.15, 0.2) is 29.2 Å². The first kappa shape index (κ1) is 19.2. The van der Waals surface area contributed by atoms with E-state index in [1.54, 1.807) is 6.07 Å². The van der Waals surface area contributed by atoms with Gasteiger partial charge >= 0.3 is 0 Å². The van der Waals surface area contributed by atoms with Crippen LogP contribution in [0, 0.1) is 0 Å². The number of rotatable bonds is 10. The second-order valence-electron chi connectivity index (χ2n) is 6.73. The first-order valence-electron chi connectivity index (χ1n) is 8.36. The molecular formula is C18H30O3S. The lowest BCUT2D eigenvalue weighted by molar-refractivity contribution is 0.428. The Kier molecular flexibility index (Phi) is 7.57. The third-order valence-corrected chi connectivity index (χ3v) is 5.21. The summed E-state index contributed by atoms with van der Waals surface area (Å²) in [5, 5.41) is 0. The van der Waals surface area contributed by atoms with Crippen molar-refractivity contribution in [1.29, 1.82) is 0 Å². The van der Waals surface area contributed by atoms with Gasteiger partial charge < -0.3 is 0 Å². The van der Waals surface area contributed by atoms with Gasteiger partial charge in [-0.1, -0.05) is 83.9 Å². The van der Waals surface area contributed by atoms with Crippen molar-refractivity contribution in [2.45, 2.75) is 82.4 Å². The molecule has 1 rings (SSSR count). The highest BCUT2D eigenvalue weighted by atomic mass is 32.2. The minimum Gasteiger partial charge on any atom is -0.282 e. The average Bonchev–Trinajstić information content (AvgIpc) is 2.45. The van der Waals surface area contributed by atoms with Gasteiger partial charge in [-0.25, -0.2) is 0 Å². The van der Waals surface area contributed by atoms with Crippen molar-refractivity contribution in [3.8, 4) is 0 Å². The Morgan fingerprint density at radius 2 is 1.50 bits per heavy atom. The molecule has 0 fully saturated rings. The first-order valence-corrected chi connectivity index (χ1v) is 9.80. The highest BCUT2D eigenvalue weighted by Crippen LogP contribution is 2.33. The van der Waals surface area contributed by atoms with Crippen LogP contribution in [0.2, 0.25) is 0 Å². The lowest BCUT2D eigenvalue weighted by Crippen LogP contribution is -2.20. The van der Waals surface area contributed by atoms with E-state index >= 15 is 0 Å². The molecule has 0 aliphatic heterocycles. The smallest absolute Gasteiger partial charge is 0.282 e. The molecule has 3 nitrogen and oxygen atoms in total. The summed E-state index contributed by atoms with van der Waals surface area (Å²) in [5.74, 6) is 0. The minimum atomic E-state index is -4.16. The summed E-state index contributed by atoms with van der Waals surface area (Å²) < 4.78 is 32.5. The second-order valence-corrected chi connectivity index (χ2v) is 8.12. The third-order valence-electron chi connectivity index (χ3n) is 4.30. The van der Waals surface area contributed by atoms with Crippen molar-refractivity contribution < 1.29 is 13.0 Å². The summed E-state index contributed by atoms with van der Waals surface area (Å²) in [6, 6.07) is 6.77. The predicted octanol–water partition coefficient (Wildman–Crippen LogP) is 5.35. The molecular weight excluding hydrogens is 296 g/mol. The fourth-order valence-corrected chi connectivity index (χ4v) is 3.78. The second kappa shape index (κ2) is 8.68. The molecule has 4 heteroatoms. The van der Waals surface area contributed by atoms with Crippen LogP contribution in [0.1, 0.15) is 77.7 Å². The highest BCUT2D eigenvalue weighted by molar-refractivity contribution is 7.85. The SMILES string of the molecule is CCCCCCCCCC(C)(C)c1ccccc1S(=O)(=O)O. The van der Waals surface area contributed by atoms with Gasteiger partial charge in [0.15, 0.2) is 0 Å². The molecule has 0 atom stereocenters. The molecule has 0 heterocycles. The van der Waals surface area contributed by atoms with Gasteiger partial charge in [-0.05, 0) is 23.5 Å². The van der Waals surface area contributed by atoms with Crippen LogP contribution >= 0.6 is 0 Å². The van der Waals surface area contributed by atoms with E-state index in [2.05, 4.69) is 6.92 Å². The number of hydrogen-bond acceptors (Lipinski definition) is 2. The Labute approximate surface area is 135 Å². The normalized spacial score (nSPS) is 12.5. The Balaban J connectivity index is 2.60. The summed E-state index contributed by atoms with van der Waals surface area (Å²) in [6.45, 7) is 6.32. The molecule has 0 aliphatic rings. The minimum absolute atomic E-state index is 0.0444. The van der Waals surface area contributed by atoms with Crippen molar-refractivity contribution in [2.24, 2.45) is 0 Å². The van der Waals surface area contributed by atoms with Crippen LogP contribution < -0.4 is 0 Å². The molecule has 0 aromatic heterocycles. The topological polar surface area (TPSA) is 54.4 Å². The summed E-state index contributed by atoms with van der Waals surface area (Å²) >= 11 is 0. The van der Waals surface area contributed by atoms with Crippen LogP contribution in [-0.4, -0.2) is 13.0 Å². The van der Waals surface area contributed by atoms with Gasteiger partial charge in [0.1, 0.15) is 0 Å². The van der Waals surface area contributed by atoms with Gasteiger partial charge in [-0.15, -0.1) is 0 Å². The van der Waals surface area contributed by atoms with E-state index in [9.17, 15) is 13.0 Å². The quantitative estimate of drug-likeness (QED) is 0.465. The van der Waals surface area contributed by atoms with Crippen molar-refractivity contribution in [1.82, 2.24) is 0 Å². The largest absolute Gasteiger partial charge is 0.294 e. The van der Waals surface area contributed by atoms with Crippen LogP contribution in [0.25, 0.3) is 0 Å². The molecule has 1 aromatic rings. The standard InChI is InChI=1S/C18H30O3S/c1-4-5-6-7-8-9-12-15-18(2,3)16-13-10-11-14-17(16)22(19,20)21/h10-11,13-14H,4-9,12,15H2,1-3H3,(H,19,20,21). The maximum absolute atomic E-state index is 11.5. The fraction of sp³-hybridized carbons (Fsp3) is 0.667. The number of benzene rings is 1. The van der Waals surface area contributed by atoms with E-state index in [1.807, 2.05) is 26.0 Å². The lowest BCUT2D eigenvalue weighted by Gasteiger charge is -2.27. The molecule has 0 radical (unpaired) electrons. The maximum Gasteiger partial charge on any atom is 0.294 e. The number of hydrogen-bond donors (Lipinski definition) is 1. The van der Waals surface area contributed by atoms with Crippen molar-refractivity contribution in [2.75, 3.05) is 0 Å². The van der Waals surface area contributed by atoms with E-state index in [4.69, 9.17) is 0 Å². The summed E-state index contributed by atoms with van der Waals surface area (Å²) in [5.41, 5.74) is 0.457. The molecule has 22 heavy (non-hydrogen) atoms. The van der Waals surface area contributed by atoms with Gasteiger partial charge in [0.25, 0.3) is 10.1 Å². The average molecular weight is 327 g/mol. The van der Waals surface area contributed by atoms with Crippen LogP contribution in [0.5, 0.6) is 0 Å². The number of unbranched alkanes of at least 4 members (excludes halogenated alkanes) is 6. The molecule has 0 saturated carbocycles. The zero-order valence-electron chi connectivity index (χ0n) is 14.1. The molecule has 0 bridgehead atoms. The maximum atomic E-state index is 11.5. The van der Waals surface area contributed by atoms with Crippen molar-refractivity contribution in [3.05, 3.63) is 29.8 Å². The molecule has 0 spiro atoms. The van der Waals surface area contributed by atoms with E-state index in [0.29, 0.717) is 5.56 Å². The zero-order chi connectivity index (χ0) is 16.6. The molecule has 1 N–H and O–H groups in total. The Hall–Kier alpha value is -0.870.